The Bertz CT molecular complexity index is 1400. The molecule has 2 heterocycles. The monoisotopic (exact) mass is 571 g/mol. The van der Waals surface area contributed by atoms with Gasteiger partial charge in [0.1, 0.15) is 11.4 Å². The van der Waals surface area contributed by atoms with Crippen LogP contribution in [-0.4, -0.2) is 31.4 Å². The van der Waals surface area contributed by atoms with Crippen molar-refractivity contribution >= 4 is 41.3 Å². The minimum atomic E-state index is 0. The number of piperidine rings is 1. The highest BCUT2D eigenvalue weighted by atomic mass is 35.5. The number of halogens is 1. The van der Waals surface area contributed by atoms with E-state index < -0.39 is 0 Å². The van der Waals surface area contributed by atoms with E-state index in [0.29, 0.717) is 5.41 Å². The molecule has 0 bridgehead atoms. The first-order chi connectivity index (χ1) is 19.2. The van der Waals surface area contributed by atoms with Crippen molar-refractivity contribution in [3.8, 4) is 17.0 Å². The van der Waals surface area contributed by atoms with Crippen LogP contribution in [0.3, 0.4) is 0 Å². The van der Waals surface area contributed by atoms with E-state index in [1.54, 1.807) is 18.4 Å². The van der Waals surface area contributed by atoms with Crippen molar-refractivity contribution in [1.82, 2.24) is 4.98 Å². The Morgan fingerprint density at radius 1 is 0.925 bits per heavy atom. The Kier molecular flexibility index (Phi) is 9.23. The molecule has 1 saturated carbocycles. The molecule has 40 heavy (non-hydrogen) atoms. The van der Waals surface area contributed by atoms with Gasteiger partial charge in [0.25, 0.3) is 0 Å². The number of nitrogens with zero attached hydrogens (tertiary/aromatic N) is 3. The minimum absolute atomic E-state index is 0. The van der Waals surface area contributed by atoms with E-state index in [-0.39, 0.29) is 12.4 Å². The Labute approximate surface area is 248 Å². The highest BCUT2D eigenvalue weighted by Gasteiger charge is 2.35. The van der Waals surface area contributed by atoms with Gasteiger partial charge in [-0.1, -0.05) is 61.7 Å². The van der Waals surface area contributed by atoms with Crippen LogP contribution in [0, 0.1) is 5.41 Å². The van der Waals surface area contributed by atoms with E-state index in [1.807, 2.05) is 18.3 Å². The smallest absolute Gasteiger partial charge is 0.144 e. The quantitative estimate of drug-likeness (QED) is 0.208. The molecule has 6 rings (SSSR count). The number of methoxy groups -OCH3 is 1. The summed E-state index contributed by atoms with van der Waals surface area (Å²) in [6, 6.07) is 25.4. The van der Waals surface area contributed by atoms with Crippen LogP contribution in [0.25, 0.3) is 11.3 Å². The summed E-state index contributed by atoms with van der Waals surface area (Å²) in [5.74, 6) is 0.760. The number of aliphatic imine (C=N–C) groups is 1. The molecule has 6 heteroatoms. The van der Waals surface area contributed by atoms with E-state index in [9.17, 15) is 0 Å². The molecule has 1 spiro atoms. The molecule has 2 aliphatic rings. The van der Waals surface area contributed by atoms with Crippen LogP contribution in [0.4, 0.5) is 11.4 Å². The van der Waals surface area contributed by atoms with Crippen molar-refractivity contribution < 1.29 is 4.74 Å². The fourth-order valence-electron chi connectivity index (χ4n) is 6.20. The SMILES string of the molecule is COc1ccc(-c2csc(Cc3ccccc3)n2)cc1N=Cc1ccc(N2CCC3(CCCCC3)CC2)cc1.Cl. The zero-order valence-corrected chi connectivity index (χ0v) is 24.9. The van der Waals surface area contributed by atoms with Gasteiger partial charge in [-0.05, 0) is 72.6 Å². The number of hydrogen-bond acceptors (Lipinski definition) is 5. The molecule has 1 aromatic heterocycles. The van der Waals surface area contributed by atoms with E-state index >= 15 is 0 Å². The van der Waals surface area contributed by atoms with Gasteiger partial charge < -0.3 is 9.64 Å². The second-order valence-electron chi connectivity index (χ2n) is 11.1. The Morgan fingerprint density at radius 2 is 1.68 bits per heavy atom. The summed E-state index contributed by atoms with van der Waals surface area (Å²) in [6.07, 6.45) is 12.7. The molecule has 0 unspecified atom stereocenters. The third-order valence-electron chi connectivity index (χ3n) is 8.57. The van der Waals surface area contributed by atoms with Crippen molar-refractivity contribution in [3.05, 3.63) is 94.3 Å². The summed E-state index contributed by atoms with van der Waals surface area (Å²) in [7, 11) is 1.69. The summed E-state index contributed by atoms with van der Waals surface area (Å²) in [6.45, 7) is 2.36. The number of ether oxygens (including phenoxy) is 1. The molecule has 1 aliphatic heterocycles. The maximum Gasteiger partial charge on any atom is 0.144 e. The minimum Gasteiger partial charge on any atom is -0.494 e. The number of aromatic nitrogens is 1. The molecule has 0 N–H and O–H groups in total. The fraction of sp³-hybridized carbons (Fsp3) is 0.353. The van der Waals surface area contributed by atoms with Gasteiger partial charge in [0.05, 0.1) is 17.8 Å². The first-order valence-corrected chi connectivity index (χ1v) is 15.1. The van der Waals surface area contributed by atoms with Crippen LogP contribution in [0.5, 0.6) is 5.75 Å². The van der Waals surface area contributed by atoms with Gasteiger partial charge in [-0.25, -0.2) is 4.98 Å². The maximum atomic E-state index is 5.62. The third-order valence-corrected chi connectivity index (χ3v) is 9.42. The number of anilines is 1. The van der Waals surface area contributed by atoms with E-state index in [1.165, 1.54) is 69.3 Å². The van der Waals surface area contributed by atoms with Crippen LogP contribution in [0.1, 0.15) is 61.1 Å². The van der Waals surface area contributed by atoms with Gasteiger partial charge in [-0.2, -0.15) is 0 Å². The molecule has 0 amide bonds. The summed E-state index contributed by atoms with van der Waals surface area (Å²) in [5.41, 5.74) is 7.17. The molecule has 208 valence electrons. The zero-order chi connectivity index (χ0) is 26.5. The average Bonchev–Trinajstić information content (AvgIpc) is 3.46. The maximum absolute atomic E-state index is 5.62. The molecule has 3 aromatic carbocycles. The van der Waals surface area contributed by atoms with Crippen molar-refractivity contribution in [2.75, 3.05) is 25.1 Å². The molecule has 4 nitrogen and oxygen atoms in total. The number of thiazole rings is 1. The highest BCUT2D eigenvalue weighted by molar-refractivity contribution is 7.10. The van der Waals surface area contributed by atoms with Gasteiger partial charge in [0.15, 0.2) is 0 Å². The lowest BCUT2D eigenvalue weighted by Crippen LogP contribution is -2.41. The van der Waals surface area contributed by atoms with E-state index in [0.717, 1.165) is 39.7 Å². The zero-order valence-electron chi connectivity index (χ0n) is 23.2. The predicted molar refractivity (Wildman–Crippen MR) is 171 cm³/mol. The second-order valence-corrected chi connectivity index (χ2v) is 12.0. The summed E-state index contributed by atoms with van der Waals surface area (Å²) < 4.78 is 5.62. The van der Waals surface area contributed by atoms with Crippen LogP contribution in [0.15, 0.2) is 83.2 Å². The lowest BCUT2D eigenvalue weighted by Gasteiger charge is -2.45. The summed E-state index contributed by atoms with van der Waals surface area (Å²) in [5, 5.41) is 3.24. The van der Waals surface area contributed by atoms with Crippen LogP contribution in [0.2, 0.25) is 0 Å². The third kappa shape index (κ3) is 6.59. The van der Waals surface area contributed by atoms with Gasteiger partial charge in [0.2, 0.25) is 0 Å². The average molecular weight is 572 g/mol. The summed E-state index contributed by atoms with van der Waals surface area (Å²) >= 11 is 1.70. The predicted octanol–water partition coefficient (Wildman–Crippen LogP) is 9.13. The van der Waals surface area contributed by atoms with Crippen LogP contribution >= 0.6 is 23.7 Å². The Morgan fingerprint density at radius 3 is 2.40 bits per heavy atom. The molecular weight excluding hydrogens is 534 g/mol. The van der Waals surface area contributed by atoms with Gasteiger partial charge in [0, 0.05) is 42.4 Å². The fourth-order valence-corrected chi connectivity index (χ4v) is 7.04. The van der Waals surface area contributed by atoms with Crippen molar-refractivity contribution in [1.29, 1.82) is 0 Å². The molecule has 4 aromatic rings. The molecule has 1 aliphatic carbocycles. The topological polar surface area (TPSA) is 37.7 Å². The van der Waals surface area contributed by atoms with Crippen molar-refractivity contribution in [3.63, 3.8) is 0 Å². The Balaban J connectivity index is 0.00000323. The first-order valence-electron chi connectivity index (χ1n) is 14.3. The number of benzene rings is 3. The van der Waals surface area contributed by atoms with Crippen LogP contribution < -0.4 is 9.64 Å². The van der Waals surface area contributed by atoms with Crippen molar-refractivity contribution in [2.24, 2.45) is 10.4 Å². The standard InChI is InChI=1S/C34H37N3OS.ClH/c1-38-32-15-12-28(31-25-39-33(36-31)22-26-8-4-2-5-9-26)23-30(32)35-24-27-10-13-29(14-11-27)37-20-18-34(19-21-37)16-6-3-7-17-34;/h2,4-5,8-15,23-25H,3,6-7,16-22H2,1H3;1H. The normalized spacial score (nSPS) is 16.7. The van der Waals surface area contributed by atoms with Gasteiger partial charge in [-0.15, -0.1) is 23.7 Å². The highest BCUT2D eigenvalue weighted by Crippen LogP contribution is 2.45. The number of rotatable bonds is 7. The Hall–Kier alpha value is -3.15. The molecule has 2 fully saturated rings. The van der Waals surface area contributed by atoms with Gasteiger partial charge in [-0.3, -0.25) is 4.99 Å². The molecular formula is C34H38ClN3OS. The molecule has 0 atom stereocenters. The lowest BCUT2D eigenvalue weighted by atomic mass is 9.68. The first kappa shape index (κ1) is 28.4. The largest absolute Gasteiger partial charge is 0.494 e. The van der Waals surface area contributed by atoms with Crippen molar-refractivity contribution in [2.45, 2.75) is 51.4 Å². The van der Waals surface area contributed by atoms with E-state index in [4.69, 9.17) is 14.7 Å². The van der Waals surface area contributed by atoms with Crippen LogP contribution in [-0.2, 0) is 6.42 Å². The molecule has 1 saturated heterocycles. The number of hydrogen-bond donors (Lipinski definition) is 0. The second kappa shape index (κ2) is 13.0. The van der Waals surface area contributed by atoms with Gasteiger partial charge >= 0.3 is 0 Å². The molecule has 0 radical (unpaired) electrons. The van der Waals surface area contributed by atoms with E-state index in [2.05, 4.69) is 70.9 Å². The lowest BCUT2D eigenvalue weighted by molar-refractivity contribution is 0.144. The summed E-state index contributed by atoms with van der Waals surface area (Å²) in [4.78, 5) is 12.3.